The van der Waals surface area contributed by atoms with Crippen LogP contribution in [0, 0.1) is 5.41 Å². The third-order valence-electron chi connectivity index (χ3n) is 3.74. The molecule has 0 bridgehead atoms. The quantitative estimate of drug-likeness (QED) is 0.779. The van der Waals surface area contributed by atoms with Gasteiger partial charge in [0.05, 0.1) is 5.39 Å². The molecule has 2 aromatic heterocycles. The largest absolute Gasteiger partial charge is 0.354 e. The van der Waals surface area contributed by atoms with Crippen LogP contribution in [0.5, 0.6) is 0 Å². The van der Waals surface area contributed by atoms with Crippen LogP contribution in [0.2, 0.25) is 0 Å². The maximum atomic E-state index is 8.37. The van der Waals surface area contributed by atoms with Gasteiger partial charge in [-0.15, -0.1) is 23.7 Å². The zero-order valence-corrected chi connectivity index (χ0v) is 11.6. The molecule has 4 rings (SSSR count). The van der Waals surface area contributed by atoms with Crippen LogP contribution in [0.25, 0.3) is 10.2 Å². The number of nitrogens with zero attached hydrogens (tertiary/aromatic N) is 2. The highest BCUT2D eigenvalue weighted by atomic mass is 35.5. The first-order valence-corrected chi connectivity index (χ1v) is 7.00. The Hall–Kier alpha value is -1.07. The van der Waals surface area contributed by atoms with Crippen LogP contribution >= 0.6 is 23.7 Å². The fraction of sp³-hybridized carbons (Fsp3) is 0.500. The van der Waals surface area contributed by atoms with Crippen molar-refractivity contribution in [1.82, 2.24) is 9.55 Å². The Morgan fingerprint density at radius 3 is 3.00 bits per heavy atom. The van der Waals surface area contributed by atoms with E-state index >= 15 is 0 Å². The number of hydrogen-bond donors (Lipinski definition) is 2. The highest BCUT2D eigenvalue weighted by Gasteiger charge is 2.21. The van der Waals surface area contributed by atoms with Gasteiger partial charge < -0.3 is 5.32 Å². The van der Waals surface area contributed by atoms with Crippen molar-refractivity contribution in [3.8, 4) is 0 Å². The van der Waals surface area contributed by atoms with Crippen LogP contribution in [0.4, 0.5) is 5.95 Å². The number of fused-ring (bicyclic) bond motifs is 4. The smallest absolute Gasteiger partial charge is 0.205 e. The number of halogens is 1. The number of nitrogens with one attached hydrogen (secondary N) is 2. The minimum Gasteiger partial charge on any atom is -0.354 e. The Balaban J connectivity index is 0.000001000. The Kier molecular flexibility index (Phi) is 2.83. The normalized spacial score (nSPS) is 16.9. The molecule has 2 aromatic rings. The van der Waals surface area contributed by atoms with Crippen LogP contribution in [-0.2, 0) is 19.4 Å². The van der Waals surface area contributed by atoms with E-state index in [2.05, 4.69) is 10.3 Å². The summed E-state index contributed by atoms with van der Waals surface area (Å²) in [7, 11) is 0. The summed E-state index contributed by atoms with van der Waals surface area (Å²) in [6, 6.07) is 0. The van der Waals surface area contributed by atoms with Crippen LogP contribution in [0.3, 0.4) is 0 Å². The van der Waals surface area contributed by atoms with Gasteiger partial charge in [-0.25, -0.2) is 4.98 Å². The number of rotatable bonds is 0. The van der Waals surface area contributed by atoms with Gasteiger partial charge in [-0.05, 0) is 31.2 Å². The van der Waals surface area contributed by atoms with E-state index in [-0.39, 0.29) is 12.4 Å². The predicted molar refractivity (Wildman–Crippen MR) is 75.8 cm³/mol. The Morgan fingerprint density at radius 2 is 2.11 bits per heavy atom. The van der Waals surface area contributed by atoms with Gasteiger partial charge in [-0.2, -0.15) is 0 Å². The molecule has 1 aliphatic heterocycles. The summed E-state index contributed by atoms with van der Waals surface area (Å²) in [5.41, 5.74) is 2.07. The van der Waals surface area contributed by atoms with E-state index in [0.717, 1.165) is 35.7 Å². The van der Waals surface area contributed by atoms with Crippen molar-refractivity contribution in [2.24, 2.45) is 0 Å². The zero-order chi connectivity index (χ0) is 11.4. The van der Waals surface area contributed by atoms with Crippen molar-refractivity contribution >= 4 is 39.9 Å². The molecule has 0 unspecified atom stereocenters. The van der Waals surface area contributed by atoms with Crippen LogP contribution in [0.15, 0.2) is 0 Å². The highest BCUT2D eigenvalue weighted by Crippen LogP contribution is 2.34. The molecule has 0 radical (unpaired) electrons. The van der Waals surface area contributed by atoms with Gasteiger partial charge in [0, 0.05) is 18.0 Å². The average molecular weight is 283 g/mol. The first kappa shape index (κ1) is 12.0. The second-order valence-corrected chi connectivity index (χ2v) is 5.84. The molecule has 2 aliphatic rings. The van der Waals surface area contributed by atoms with Gasteiger partial charge in [-0.3, -0.25) is 9.98 Å². The number of aryl methyl sites for hydroxylation is 2. The van der Waals surface area contributed by atoms with Gasteiger partial charge >= 0.3 is 0 Å². The Labute approximate surface area is 115 Å². The number of hydrogen-bond acceptors (Lipinski definition) is 4. The maximum absolute atomic E-state index is 8.37. The van der Waals surface area contributed by atoms with E-state index in [1.54, 1.807) is 11.3 Å². The summed E-state index contributed by atoms with van der Waals surface area (Å²) in [5, 5.41) is 12.7. The van der Waals surface area contributed by atoms with Gasteiger partial charge in [-0.1, -0.05) is 0 Å². The molecule has 0 saturated heterocycles. The van der Waals surface area contributed by atoms with E-state index in [1.165, 1.54) is 29.7 Å². The summed E-state index contributed by atoms with van der Waals surface area (Å²) in [6.45, 7) is 1.78. The number of thiophene rings is 1. The lowest BCUT2D eigenvalue weighted by atomic mass is 9.97. The first-order chi connectivity index (χ1) is 8.34. The topological polar surface area (TPSA) is 53.7 Å². The molecule has 0 saturated carbocycles. The molecule has 2 N–H and O–H groups in total. The highest BCUT2D eigenvalue weighted by molar-refractivity contribution is 7.18. The van der Waals surface area contributed by atoms with E-state index in [0.29, 0.717) is 5.49 Å². The number of aromatic nitrogens is 2. The van der Waals surface area contributed by atoms with Crippen molar-refractivity contribution in [3.63, 3.8) is 0 Å². The van der Waals surface area contributed by atoms with E-state index in [4.69, 9.17) is 5.41 Å². The van der Waals surface area contributed by atoms with E-state index < -0.39 is 0 Å². The lowest BCUT2D eigenvalue weighted by Gasteiger charge is -2.10. The van der Waals surface area contributed by atoms with Crippen molar-refractivity contribution in [3.05, 3.63) is 15.9 Å². The molecule has 4 nitrogen and oxygen atoms in total. The van der Waals surface area contributed by atoms with Crippen LogP contribution in [0.1, 0.15) is 23.3 Å². The van der Waals surface area contributed by atoms with Crippen molar-refractivity contribution < 1.29 is 0 Å². The second kappa shape index (κ2) is 4.24. The standard InChI is InChI=1S/C12H14N4S.ClH/c13-10-9-7-3-1-2-4-8(7)17-11(9)15-12-14-5-6-16(10)12;/h13H,1-6H2,(H,14,15);1H. The lowest BCUT2D eigenvalue weighted by Crippen LogP contribution is -2.19. The zero-order valence-electron chi connectivity index (χ0n) is 9.95. The predicted octanol–water partition coefficient (Wildman–Crippen LogP) is 2.30. The summed E-state index contributed by atoms with van der Waals surface area (Å²) in [4.78, 5) is 7.20. The minimum atomic E-state index is 0. The average Bonchev–Trinajstić information content (AvgIpc) is 2.92. The Bertz CT molecular complexity index is 673. The molecule has 0 aromatic carbocycles. The minimum absolute atomic E-state index is 0. The van der Waals surface area contributed by atoms with Gasteiger partial charge in [0.15, 0.2) is 0 Å². The molecule has 96 valence electrons. The van der Waals surface area contributed by atoms with E-state index in [9.17, 15) is 0 Å². The Morgan fingerprint density at radius 1 is 1.28 bits per heavy atom. The summed E-state index contributed by atoms with van der Waals surface area (Å²) in [6.07, 6.45) is 4.87. The maximum Gasteiger partial charge on any atom is 0.205 e. The van der Waals surface area contributed by atoms with Gasteiger partial charge in [0.25, 0.3) is 0 Å². The second-order valence-electron chi connectivity index (χ2n) is 4.75. The molecular formula is C12H15ClN4S. The monoisotopic (exact) mass is 282 g/mol. The third kappa shape index (κ3) is 1.50. The summed E-state index contributed by atoms with van der Waals surface area (Å²) < 4.78 is 2.00. The van der Waals surface area contributed by atoms with Crippen LogP contribution in [-0.4, -0.2) is 16.1 Å². The van der Waals surface area contributed by atoms with Gasteiger partial charge in [0.1, 0.15) is 10.3 Å². The lowest BCUT2D eigenvalue weighted by molar-refractivity contribution is 0.696. The van der Waals surface area contributed by atoms with Gasteiger partial charge in [0.2, 0.25) is 5.95 Å². The third-order valence-corrected chi connectivity index (χ3v) is 4.93. The van der Waals surface area contributed by atoms with Crippen LogP contribution < -0.4 is 10.8 Å². The molecule has 0 amide bonds. The number of anilines is 1. The van der Waals surface area contributed by atoms with Crippen molar-refractivity contribution in [1.29, 1.82) is 5.41 Å². The molecule has 3 heterocycles. The summed E-state index contributed by atoms with van der Waals surface area (Å²) in [5.74, 6) is 0.876. The fourth-order valence-electron chi connectivity index (χ4n) is 2.90. The SMILES string of the molecule is Cl.N=c1c2c3c(sc2nc2n1CCN2)CCCC3. The summed E-state index contributed by atoms with van der Waals surface area (Å²) >= 11 is 1.80. The van der Waals surface area contributed by atoms with E-state index in [1.807, 2.05) is 4.57 Å². The molecule has 0 fully saturated rings. The molecule has 1 aliphatic carbocycles. The van der Waals surface area contributed by atoms with Crippen molar-refractivity contribution in [2.45, 2.75) is 32.2 Å². The fourth-order valence-corrected chi connectivity index (χ4v) is 4.17. The molecule has 6 heteroatoms. The molecule has 18 heavy (non-hydrogen) atoms. The first-order valence-electron chi connectivity index (χ1n) is 6.18. The molecule has 0 spiro atoms. The molecular weight excluding hydrogens is 268 g/mol. The van der Waals surface area contributed by atoms with Crippen molar-refractivity contribution in [2.75, 3.05) is 11.9 Å². The molecule has 0 atom stereocenters.